The lowest BCUT2D eigenvalue weighted by Crippen LogP contribution is -2.48. The Bertz CT molecular complexity index is 2020. The molecule has 1 fully saturated rings. The Morgan fingerprint density at radius 2 is 1.96 bits per heavy atom. The summed E-state index contributed by atoms with van der Waals surface area (Å²) in [6.07, 6.45) is 1.12. The van der Waals surface area contributed by atoms with E-state index in [0.717, 1.165) is 12.1 Å². The molecule has 2 N–H and O–H groups in total. The predicted molar refractivity (Wildman–Crippen MR) is 165 cm³/mol. The van der Waals surface area contributed by atoms with Crippen LogP contribution in [-0.4, -0.2) is 86.3 Å². The van der Waals surface area contributed by atoms with Gasteiger partial charge in [-0.15, -0.1) is 0 Å². The van der Waals surface area contributed by atoms with Gasteiger partial charge in [0.1, 0.15) is 23.0 Å². The minimum Gasteiger partial charge on any atom is -0.478 e. The second kappa shape index (κ2) is 12.3. The fourth-order valence-electron chi connectivity index (χ4n) is 5.95. The number of amides is 2. The first kappa shape index (κ1) is 28.8. The van der Waals surface area contributed by atoms with E-state index in [-0.39, 0.29) is 58.4 Å². The summed E-state index contributed by atoms with van der Waals surface area (Å²) in [5, 5.41) is 12.8. The van der Waals surface area contributed by atoms with E-state index in [0.29, 0.717) is 18.0 Å². The van der Waals surface area contributed by atoms with Crippen LogP contribution >= 0.6 is 0 Å². The highest BCUT2D eigenvalue weighted by atomic mass is 19.3. The van der Waals surface area contributed by atoms with Crippen molar-refractivity contribution in [2.75, 3.05) is 31.5 Å². The fraction of sp³-hybridized carbons (Fsp3) is 0.375. The number of aromatic carboxylic acids is 1. The fourth-order valence-corrected chi connectivity index (χ4v) is 5.95. The minimum absolute atomic E-state index is 0.00312. The predicted octanol–water partition coefficient (Wildman–Crippen LogP) is 4.77. The molecule has 2 atom stereocenters. The van der Waals surface area contributed by atoms with Crippen molar-refractivity contribution < 1.29 is 46.2 Å². The third-order valence-corrected chi connectivity index (χ3v) is 7.88. The number of ether oxygens (including phenoxy) is 2. The number of carboxylic acids is 1. The SMILES string of the molecule is [2H]C([2H])([2H])N(C(=O)OC(C)(C)C)[C@@H]1CC(c2c(OC(F)F)cccc2C(=O)O)n2c1nc1cc(F)c(-c3cnc(N4CCNC(=O)C4)nc3)cc12. The summed E-state index contributed by atoms with van der Waals surface area (Å²) >= 11 is 0. The Labute approximate surface area is 276 Å². The van der Waals surface area contributed by atoms with Crippen LogP contribution in [-0.2, 0) is 9.53 Å². The standard InChI is InChI=1S/C32H32F3N7O6/c1-32(2,3)48-31(46)40(4)23-12-22(26-17(28(44)45)6-5-7-24(26)47-29(34)35)42-21-10-18(19(33)11-20(21)39-27(23)42)16-13-37-30(38-14-16)41-9-8-36-25(43)15-41/h5-7,10-11,13-14,22-23,29H,8-9,12,15H2,1-4H3,(H,36,43)(H,44,45)/t22?,23-/m1/s1/i4D3. The number of piperazine rings is 1. The number of carbonyl (C=O) groups is 3. The Hall–Kier alpha value is -5.41. The Balaban J connectivity index is 1.55. The van der Waals surface area contributed by atoms with Gasteiger partial charge in [-0.25, -0.2) is 28.9 Å². The highest BCUT2D eigenvalue weighted by Gasteiger charge is 2.42. The normalized spacial score (nSPS) is 18.9. The van der Waals surface area contributed by atoms with Crippen molar-refractivity contribution in [1.29, 1.82) is 0 Å². The van der Waals surface area contributed by atoms with Crippen LogP contribution in [0.2, 0.25) is 0 Å². The van der Waals surface area contributed by atoms with Crippen molar-refractivity contribution in [3.63, 3.8) is 0 Å². The van der Waals surface area contributed by atoms with Gasteiger partial charge in [0, 0.05) is 65.7 Å². The molecule has 0 radical (unpaired) electrons. The lowest BCUT2D eigenvalue weighted by Gasteiger charge is -2.28. The van der Waals surface area contributed by atoms with Gasteiger partial charge >= 0.3 is 18.7 Å². The van der Waals surface area contributed by atoms with E-state index in [4.69, 9.17) is 13.6 Å². The number of carboxylic acid groups (broad SMARTS) is 1. The molecule has 1 unspecified atom stereocenters. The summed E-state index contributed by atoms with van der Waals surface area (Å²) < 4.78 is 79.6. The largest absolute Gasteiger partial charge is 0.478 e. The monoisotopic (exact) mass is 670 g/mol. The molecular weight excluding hydrogens is 635 g/mol. The zero-order valence-electron chi connectivity index (χ0n) is 28.9. The number of anilines is 1. The Morgan fingerprint density at radius 1 is 1.21 bits per heavy atom. The lowest BCUT2D eigenvalue weighted by molar-refractivity contribution is -0.120. The number of halogens is 3. The molecule has 2 amide bonds. The number of hydrogen-bond acceptors (Lipinski definition) is 9. The highest BCUT2D eigenvalue weighted by molar-refractivity contribution is 5.91. The minimum atomic E-state index is -3.35. The summed E-state index contributed by atoms with van der Waals surface area (Å²) in [5.41, 5.74) is -1.45. The maximum atomic E-state index is 15.8. The Morgan fingerprint density at radius 3 is 2.60 bits per heavy atom. The number of aromatic nitrogens is 4. The first-order valence-electron chi connectivity index (χ1n) is 16.3. The maximum absolute atomic E-state index is 15.8. The van der Waals surface area contributed by atoms with Crippen molar-refractivity contribution in [3.8, 4) is 16.9 Å². The van der Waals surface area contributed by atoms with Crippen molar-refractivity contribution in [2.45, 2.75) is 51.5 Å². The van der Waals surface area contributed by atoms with E-state index in [1.807, 2.05) is 0 Å². The van der Waals surface area contributed by atoms with Gasteiger partial charge in [-0.1, -0.05) is 6.07 Å². The van der Waals surface area contributed by atoms with Gasteiger partial charge in [-0.2, -0.15) is 8.78 Å². The van der Waals surface area contributed by atoms with Crippen LogP contribution in [0.25, 0.3) is 22.2 Å². The molecule has 2 aromatic heterocycles. The molecule has 1 saturated heterocycles. The summed E-state index contributed by atoms with van der Waals surface area (Å²) in [4.78, 5) is 53.1. The summed E-state index contributed by atoms with van der Waals surface area (Å²) in [7, 11) is 0. The number of alkyl halides is 2. The first-order chi connectivity index (χ1) is 23.9. The molecule has 0 spiro atoms. The van der Waals surface area contributed by atoms with Gasteiger partial charge in [0.25, 0.3) is 0 Å². The molecular formula is C32H32F3N7O6. The highest BCUT2D eigenvalue weighted by Crippen LogP contribution is 2.48. The van der Waals surface area contributed by atoms with E-state index in [2.05, 4.69) is 20.3 Å². The van der Waals surface area contributed by atoms with Crippen LogP contribution in [0.3, 0.4) is 0 Å². The van der Waals surface area contributed by atoms with Gasteiger partial charge < -0.3 is 34.3 Å². The van der Waals surface area contributed by atoms with Gasteiger partial charge in [0.15, 0.2) is 0 Å². The number of carbonyl (C=O) groups excluding carboxylic acids is 2. The number of imidazole rings is 1. The molecule has 13 nitrogen and oxygen atoms in total. The van der Waals surface area contributed by atoms with Gasteiger partial charge in [0.05, 0.1) is 35.2 Å². The molecule has 0 aliphatic carbocycles. The first-order valence-corrected chi connectivity index (χ1v) is 14.8. The second-order valence-electron chi connectivity index (χ2n) is 12.2. The lowest BCUT2D eigenvalue weighted by atomic mass is 9.95. The smallest absolute Gasteiger partial charge is 0.410 e. The number of rotatable bonds is 7. The summed E-state index contributed by atoms with van der Waals surface area (Å²) in [6, 6.07) is 3.28. The molecule has 2 aromatic carbocycles. The Kier molecular flexibility index (Phi) is 7.39. The molecule has 2 aliphatic heterocycles. The average molecular weight is 671 g/mol. The molecule has 0 saturated carbocycles. The zero-order valence-corrected chi connectivity index (χ0v) is 25.9. The number of hydrogen-bond donors (Lipinski definition) is 2. The molecule has 2 aliphatic rings. The van der Waals surface area contributed by atoms with E-state index >= 15 is 4.39 Å². The van der Waals surface area contributed by atoms with Crippen molar-refractivity contribution >= 4 is 35.0 Å². The molecule has 6 rings (SSSR count). The number of nitrogens with zero attached hydrogens (tertiary/aromatic N) is 6. The number of benzene rings is 2. The zero-order chi connectivity index (χ0) is 37.0. The van der Waals surface area contributed by atoms with E-state index in [1.165, 1.54) is 55.9 Å². The molecule has 4 heterocycles. The van der Waals surface area contributed by atoms with Crippen molar-refractivity contribution in [3.05, 3.63) is 65.5 Å². The molecule has 48 heavy (non-hydrogen) atoms. The molecule has 4 aromatic rings. The average Bonchev–Trinajstić information content (AvgIpc) is 3.55. The van der Waals surface area contributed by atoms with Crippen molar-refractivity contribution in [2.24, 2.45) is 0 Å². The molecule has 16 heteroatoms. The second-order valence-corrected chi connectivity index (χ2v) is 12.2. The van der Waals surface area contributed by atoms with Gasteiger partial charge in [-0.05, 0) is 39.0 Å². The number of fused-ring (bicyclic) bond motifs is 3. The third kappa shape index (κ3) is 6.16. The topological polar surface area (TPSA) is 152 Å². The van der Waals surface area contributed by atoms with Crippen LogP contribution in [0.5, 0.6) is 5.75 Å². The maximum Gasteiger partial charge on any atom is 0.410 e. The molecule has 252 valence electrons. The van der Waals surface area contributed by atoms with E-state index in [9.17, 15) is 28.3 Å². The third-order valence-electron chi connectivity index (χ3n) is 7.88. The van der Waals surface area contributed by atoms with E-state index < -0.39 is 60.5 Å². The quantitative estimate of drug-likeness (QED) is 0.281. The van der Waals surface area contributed by atoms with Crippen LogP contribution in [0.15, 0.2) is 42.7 Å². The van der Waals surface area contributed by atoms with Crippen LogP contribution in [0, 0.1) is 5.82 Å². The molecule has 0 bridgehead atoms. The van der Waals surface area contributed by atoms with Crippen LogP contribution in [0.1, 0.15) is 65.1 Å². The summed E-state index contributed by atoms with van der Waals surface area (Å²) in [5.74, 6) is -2.82. The van der Waals surface area contributed by atoms with Crippen LogP contribution in [0.4, 0.5) is 23.9 Å². The van der Waals surface area contributed by atoms with E-state index in [1.54, 1.807) is 4.90 Å². The summed E-state index contributed by atoms with van der Waals surface area (Å²) in [6.45, 7) is -0.969. The van der Waals surface area contributed by atoms with Gasteiger partial charge in [-0.3, -0.25) is 4.79 Å². The van der Waals surface area contributed by atoms with Crippen molar-refractivity contribution in [1.82, 2.24) is 29.7 Å². The number of nitrogens with one attached hydrogen (secondary N) is 1. The van der Waals surface area contributed by atoms with Crippen LogP contribution < -0.4 is 15.0 Å². The van der Waals surface area contributed by atoms with Gasteiger partial charge in [0.2, 0.25) is 11.9 Å².